The number of benzene rings is 1. The molecule has 0 saturated heterocycles. The molecule has 0 unspecified atom stereocenters. The molecule has 18 heavy (non-hydrogen) atoms. The van der Waals surface area contributed by atoms with Gasteiger partial charge in [0.2, 0.25) is 0 Å². The van der Waals surface area contributed by atoms with Crippen molar-refractivity contribution in [2.75, 3.05) is 7.11 Å². The number of amides is 1. The number of aromatic amines is 1. The second-order valence-electron chi connectivity index (χ2n) is 4.78. The molecule has 1 saturated carbocycles. The van der Waals surface area contributed by atoms with Crippen molar-refractivity contribution in [1.82, 2.24) is 10.3 Å². The molecular weight excluding hydrogens is 228 g/mol. The average Bonchev–Trinajstić information content (AvgIpc) is 2.79. The summed E-state index contributed by atoms with van der Waals surface area (Å²) in [5.41, 5.74) is 1.76. The number of methoxy groups -OCH3 is 1. The molecular formula is C14H16N2O2. The van der Waals surface area contributed by atoms with Gasteiger partial charge in [-0.3, -0.25) is 4.79 Å². The summed E-state index contributed by atoms with van der Waals surface area (Å²) in [4.78, 5) is 15.2. The third-order valence-corrected chi connectivity index (χ3v) is 3.58. The predicted octanol–water partition coefficient (Wildman–Crippen LogP) is 2.08. The summed E-state index contributed by atoms with van der Waals surface area (Å²) in [5.74, 6) is -0.00217. The van der Waals surface area contributed by atoms with Crippen LogP contribution in [0.15, 0.2) is 30.5 Å². The van der Waals surface area contributed by atoms with E-state index in [1.807, 2.05) is 30.5 Å². The van der Waals surface area contributed by atoms with Crippen molar-refractivity contribution in [3.05, 3.63) is 36.0 Å². The molecule has 2 aromatic rings. The van der Waals surface area contributed by atoms with E-state index in [4.69, 9.17) is 4.74 Å². The summed E-state index contributed by atoms with van der Waals surface area (Å²) in [5, 5.41) is 4.09. The maximum absolute atomic E-state index is 12.0. The van der Waals surface area contributed by atoms with Gasteiger partial charge in [0.15, 0.2) is 0 Å². The molecule has 3 rings (SSSR count). The number of carbonyl (C=O) groups is 1. The van der Waals surface area contributed by atoms with E-state index in [-0.39, 0.29) is 11.9 Å². The van der Waals surface area contributed by atoms with Gasteiger partial charge in [0.25, 0.3) is 5.91 Å². The summed E-state index contributed by atoms with van der Waals surface area (Å²) < 4.78 is 5.20. The van der Waals surface area contributed by atoms with Crippen LogP contribution in [0.3, 0.4) is 0 Å². The van der Waals surface area contributed by atoms with Gasteiger partial charge in [0.1, 0.15) is 0 Å². The molecule has 4 nitrogen and oxygen atoms in total. The standard InChI is InChI=1S/C14H16N2O2/c1-18-12-7-11(8-12)16-14(17)10-2-3-13-9(6-10)4-5-15-13/h2-6,11-12,15H,7-8H2,1H3,(H,16,17). The normalized spacial score (nSPS) is 22.7. The molecule has 4 heteroatoms. The Morgan fingerprint density at radius 3 is 3.00 bits per heavy atom. The summed E-state index contributed by atoms with van der Waals surface area (Å²) in [6.45, 7) is 0. The number of hydrogen-bond donors (Lipinski definition) is 2. The minimum Gasteiger partial charge on any atom is -0.381 e. The Morgan fingerprint density at radius 1 is 1.39 bits per heavy atom. The van der Waals surface area contributed by atoms with Crippen LogP contribution in [0.25, 0.3) is 10.9 Å². The number of carbonyl (C=O) groups excluding carboxylic acids is 1. The topological polar surface area (TPSA) is 54.1 Å². The number of aromatic nitrogens is 1. The lowest BCUT2D eigenvalue weighted by Gasteiger charge is -2.34. The lowest BCUT2D eigenvalue weighted by Crippen LogP contribution is -2.47. The molecule has 0 atom stereocenters. The molecule has 94 valence electrons. The van der Waals surface area contributed by atoms with Gasteiger partial charge in [-0.05, 0) is 37.1 Å². The fourth-order valence-electron chi connectivity index (χ4n) is 2.34. The van der Waals surface area contributed by atoms with Crippen molar-refractivity contribution >= 4 is 16.8 Å². The molecule has 1 aromatic carbocycles. The molecule has 1 aromatic heterocycles. The Hall–Kier alpha value is -1.81. The van der Waals surface area contributed by atoms with E-state index in [2.05, 4.69) is 10.3 Å². The van der Waals surface area contributed by atoms with Crippen molar-refractivity contribution in [2.45, 2.75) is 25.0 Å². The molecule has 0 spiro atoms. The fourth-order valence-corrected chi connectivity index (χ4v) is 2.34. The molecule has 0 bridgehead atoms. The van der Waals surface area contributed by atoms with Gasteiger partial charge >= 0.3 is 0 Å². The van der Waals surface area contributed by atoms with E-state index >= 15 is 0 Å². The first-order chi connectivity index (χ1) is 8.76. The number of H-pyrrole nitrogens is 1. The van der Waals surface area contributed by atoms with Crippen LogP contribution in [0, 0.1) is 0 Å². The highest BCUT2D eigenvalue weighted by molar-refractivity contribution is 5.98. The van der Waals surface area contributed by atoms with Crippen molar-refractivity contribution in [2.24, 2.45) is 0 Å². The van der Waals surface area contributed by atoms with E-state index < -0.39 is 0 Å². The summed E-state index contributed by atoms with van der Waals surface area (Å²) in [7, 11) is 1.71. The summed E-state index contributed by atoms with van der Waals surface area (Å²) in [6, 6.07) is 7.91. The van der Waals surface area contributed by atoms with Gasteiger partial charge in [-0.1, -0.05) is 0 Å². The number of rotatable bonds is 3. The maximum atomic E-state index is 12.0. The zero-order chi connectivity index (χ0) is 12.5. The molecule has 1 amide bonds. The van der Waals surface area contributed by atoms with Crippen LogP contribution in [-0.2, 0) is 4.74 Å². The minimum atomic E-state index is -0.00217. The van der Waals surface area contributed by atoms with E-state index in [0.29, 0.717) is 11.7 Å². The van der Waals surface area contributed by atoms with Crippen LogP contribution in [0.4, 0.5) is 0 Å². The van der Waals surface area contributed by atoms with Crippen molar-refractivity contribution in [3.63, 3.8) is 0 Å². The van der Waals surface area contributed by atoms with Crippen LogP contribution in [0.2, 0.25) is 0 Å². The highest BCUT2D eigenvalue weighted by Gasteiger charge is 2.30. The van der Waals surface area contributed by atoms with Gasteiger partial charge in [-0.15, -0.1) is 0 Å². The second kappa shape index (κ2) is 4.46. The Bertz CT molecular complexity index is 570. The Labute approximate surface area is 105 Å². The number of nitrogens with one attached hydrogen (secondary N) is 2. The quantitative estimate of drug-likeness (QED) is 0.868. The fraction of sp³-hybridized carbons (Fsp3) is 0.357. The second-order valence-corrected chi connectivity index (χ2v) is 4.78. The zero-order valence-electron chi connectivity index (χ0n) is 10.3. The highest BCUT2D eigenvalue weighted by Crippen LogP contribution is 2.23. The largest absolute Gasteiger partial charge is 0.381 e. The smallest absolute Gasteiger partial charge is 0.251 e. The molecule has 1 aliphatic carbocycles. The first-order valence-electron chi connectivity index (χ1n) is 6.17. The van der Waals surface area contributed by atoms with Crippen LogP contribution < -0.4 is 5.32 Å². The van der Waals surface area contributed by atoms with Gasteiger partial charge < -0.3 is 15.0 Å². The van der Waals surface area contributed by atoms with Crippen LogP contribution >= 0.6 is 0 Å². The van der Waals surface area contributed by atoms with Gasteiger partial charge in [-0.25, -0.2) is 0 Å². The van der Waals surface area contributed by atoms with Crippen LogP contribution in [0.1, 0.15) is 23.2 Å². The highest BCUT2D eigenvalue weighted by atomic mass is 16.5. The molecule has 0 radical (unpaired) electrons. The van der Waals surface area contributed by atoms with Crippen LogP contribution in [-0.4, -0.2) is 30.1 Å². The van der Waals surface area contributed by atoms with E-state index in [1.54, 1.807) is 7.11 Å². The number of fused-ring (bicyclic) bond motifs is 1. The maximum Gasteiger partial charge on any atom is 0.251 e. The third-order valence-electron chi connectivity index (χ3n) is 3.58. The van der Waals surface area contributed by atoms with Crippen molar-refractivity contribution in [3.8, 4) is 0 Å². The van der Waals surface area contributed by atoms with E-state index in [9.17, 15) is 4.79 Å². The molecule has 1 aliphatic rings. The summed E-state index contributed by atoms with van der Waals surface area (Å²) >= 11 is 0. The SMILES string of the molecule is COC1CC(NC(=O)c2ccc3[nH]ccc3c2)C1. The van der Waals surface area contributed by atoms with Crippen molar-refractivity contribution in [1.29, 1.82) is 0 Å². The molecule has 2 N–H and O–H groups in total. The predicted molar refractivity (Wildman–Crippen MR) is 69.6 cm³/mol. The van der Waals surface area contributed by atoms with Gasteiger partial charge in [-0.2, -0.15) is 0 Å². The molecule has 0 aliphatic heterocycles. The first kappa shape index (κ1) is 11.3. The van der Waals surface area contributed by atoms with Gasteiger partial charge in [0.05, 0.1) is 6.10 Å². The van der Waals surface area contributed by atoms with Crippen LogP contribution in [0.5, 0.6) is 0 Å². The Morgan fingerprint density at radius 2 is 2.22 bits per heavy atom. The first-order valence-corrected chi connectivity index (χ1v) is 6.17. The lowest BCUT2D eigenvalue weighted by atomic mass is 9.89. The molecule has 1 heterocycles. The monoisotopic (exact) mass is 244 g/mol. The molecule has 1 fully saturated rings. The Balaban J connectivity index is 1.68. The lowest BCUT2D eigenvalue weighted by molar-refractivity contribution is 0.0176. The van der Waals surface area contributed by atoms with E-state index in [1.165, 1.54) is 0 Å². The minimum absolute atomic E-state index is 0.00217. The number of hydrogen-bond acceptors (Lipinski definition) is 2. The van der Waals surface area contributed by atoms with Crippen molar-refractivity contribution < 1.29 is 9.53 Å². The zero-order valence-corrected chi connectivity index (χ0v) is 10.3. The Kier molecular flexibility index (Phi) is 2.80. The summed E-state index contributed by atoms with van der Waals surface area (Å²) in [6.07, 6.45) is 4.01. The van der Waals surface area contributed by atoms with E-state index in [0.717, 1.165) is 23.7 Å². The third kappa shape index (κ3) is 1.99. The number of ether oxygens (including phenoxy) is 1. The van der Waals surface area contributed by atoms with Gasteiger partial charge in [0, 0.05) is 35.8 Å². The average molecular weight is 244 g/mol.